The van der Waals surface area contributed by atoms with Gasteiger partial charge in [-0.15, -0.1) is 11.3 Å². The van der Waals surface area contributed by atoms with E-state index in [1.165, 1.54) is 13.2 Å². The number of halogens is 3. The number of amides is 1. The zero-order valence-electron chi connectivity index (χ0n) is 13.9. The summed E-state index contributed by atoms with van der Waals surface area (Å²) in [6.45, 7) is 0. The van der Waals surface area contributed by atoms with Gasteiger partial charge in [0.2, 0.25) is 0 Å². The normalized spacial score (nSPS) is 10.5. The number of esters is 1. The van der Waals surface area contributed by atoms with Crippen LogP contribution in [0.3, 0.4) is 0 Å². The van der Waals surface area contributed by atoms with Gasteiger partial charge in [0.1, 0.15) is 26.4 Å². The van der Waals surface area contributed by atoms with Gasteiger partial charge in [-0.25, -0.2) is 13.6 Å². The molecule has 1 amide bonds. The molecule has 27 heavy (non-hydrogen) atoms. The number of benzene rings is 2. The summed E-state index contributed by atoms with van der Waals surface area (Å²) in [5.74, 6) is -3.25. The first-order valence-electron chi connectivity index (χ1n) is 7.64. The van der Waals surface area contributed by atoms with E-state index in [2.05, 4.69) is 10.1 Å². The summed E-state index contributed by atoms with van der Waals surface area (Å²) in [6.07, 6.45) is 0. The molecule has 4 nitrogen and oxygen atoms in total. The highest BCUT2D eigenvalue weighted by Gasteiger charge is 2.18. The fourth-order valence-electron chi connectivity index (χ4n) is 2.41. The Morgan fingerprint density at radius 1 is 1.07 bits per heavy atom. The SMILES string of the molecule is COC(=O)c1cc(-c2ccc(NC(=O)c3c(F)cccc3F)cc2)c(Cl)s1. The van der Waals surface area contributed by atoms with Gasteiger partial charge in [0.25, 0.3) is 5.91 Å². The van der Waals surface area contributed by atoms with Crippen molar-refractivity contribution in [3.05, 3.63) is 74.9 Å². The minimum absolute atomic E-state index is 0.353. The molecular formula is C19H12ClF2NO3S. The lowest BCUT2D eigenvalue weighted by molar-refractivity contribution is 0.0606. The largest absolute Gasteiger partial charge is 0.465 e. The molecule has 0 atom stereocenters. The summed E-state index contributed by atoms with van der Waals surface area (Å²) >= 11 is 7.27. The monoisotopic (exact) mass is 407 g/mol. The van der Waals surface area contributed by atoms with Crippen LogP contribution in [-0.2, 0) is 4.74 Å². The van der Waals surface area contributed by atoms with Crippen molar-refractivity contribution in [3.63, 3.8) is 0 Å². The highest BCUT2D eigenvalue weighted by Crippen LogP contribution is 2.36. The Hall–Kier alpha value is -2.77. The smallest absolute Gasteiger partial charge is 0.348 e. The number of thiophene rings is 1. The van der Waals surface area contributed by atoms with Crippen LogP contribution >= 0.6 is 22.9 Å². The van der Waals surface area contributed by atoms with Crippen molar-refractivity contribution < 1.29 is 23.1 Å². The maximum atomic E-state index is 13.7. The molecule has 1 heterocycles. The van der Waals surface area contributed by atoms with Gasteiger partial charge >= 0.3 is 5.97 Å². The summed E-state index contributed by atoms with van der Waals surface area (Å²) in [5, 5.41) is 2.44. The Balaban J connectivity index is 1.81. The second-order valence-corrected chi connectivity index (χ2v) is 7.07. The first kappa shape index (κ1) is 19.0. The first-order chi connectivity index (χ1) is 12.9. The Bertz CT molecular complexity index is 998. The molecule has 0 unspecified atom stereocenters. The van der Waals surface area contributed by atoms with Crippen molar-refractivity contribution >= 4 is 40.5 Å². The van der Waals surface area contributed by atoms with Crippen molar-refractivity contribution in [2.24, 2.45) is 0 Å². The number of hydrogen-bond donors (Lipinski definition) is 1. The van der Waals surface area contributed by atoms with Crippen molar-refractivity contribution in [1.82, 2.24) is 0 Å². The lowest BCUT2D eigenvalue weighted by atomic mass is 10.1. The molecule has 0 saturated carbocycles. The van der Waals surface area contributed by atoms with E-state index in [4.69, 9.17) is 11.6 Å². The molecule has 0 aliphatic heterocycles. The lowest BCUT2D eigenvalue weighted by Gasteiger charge is -2.08. The third kappa shape index (κ3) is 3.99. The quantitative estimate of drug-likeness (QED) is 0.590. The average Bonchev–Trinajstić information content (AvgIpc) is 3.03. The fraction of sp³-hybridized carbons (Fsp3) is 0.0526. The van der Waals surface area contributed by atoms with Crippen LogP contribution in [0, 0.1) is 11.6 Å². The van der Waals surface area contributed by atoms with Gasteiger partial charge in [-0.3, -0.25) is 4.79 Å². The van der Waals surface area contributed by atoms with E-state index in [0.29, 0.717) is 26.0 Å². The van der Waals surface area contributed by atoms with Gasteiger partial charge in [0.05, 0.1) is 7.11 Å². The van der Waals surface area contributed by atoms with Crippen molar-refractivity contribution in [2.75, 3.05) is 12.4 Å². The van der Waals surface area contributed by atoms with Crippen molar-refractivity contribution in [1.29, 1.82) is 0 Å². The second-order valence-electron chi connectivity index (χ2n) is 5.42. The number of nitrogens with one attached hydrogen (secondary N) is 1. The number of carbonyl (C=O) groups excluding carboxylic acids is 2. The first-order valence-corrected chi connectivity index (χ1v) is 8.83. The van der Waals surface area contributed by atoms with Crippen LogP contribution in [0.15, 0.2) is 48.5 Å². The van der Waals surface area contributed by atoms with Gasteiger partial charge < -0.3 is 10.1 Å². The van der Waals surface area contributed by atoms with Gasteiger partial charge in [0, 0.05) is 11.3 Å². The third-order valence-electron chi connectivity index (χ3n) is 3.72. The Kier molecular flexibility index (Phi) is 5.53. The van der Waals surface area contributed by atoms with Crippen LogP contribution in [0.1, 0.15) is 20.0 Å². The molecule has 3 aromatic rings. The molecule has 0 saturated heterocycles. The van der Waals surface area contributed by atoms with Gasteiger partial charge in [0.15, 0.2) is 0 Å². The predicted octanol–water partition coefficient (Wildman–Crippen LogP) is 5.39. The number of hydrogen-bond acceptors (Lipinski definition) is 4. The zero-order chi connectivity index (χ0) is 19.6. The maximum Gasteiger partial charge on any atom is 0.348 e. The third-order valence-corrected chi connectivity index (χ3v) is 5.06. The summed E-state index contributed by atoms with van der Waals surface area (Å²) in [4.78, 5) is 24.1. The van der Waals surface area contributed by atoms with E-state index < -0.39 is 29.1 Å². The second kappa shape index (κ2) is 7.85. The standard InChI is InChI=1S/C19H12ClF2NO3S/c1-26-19(25)15-9-12(17(20)27-15)10-5-7-11(8-6-10)23-18(24)16-13(21)3-2-4-14(16)22/h2-9H,1H3,(H,23,24). The van der Waals surface area contributed by atoms with E-state index in [1.54, 1.807) is 30.3 Å². The maximum absolute atomic E-state index is 13.7. The molecule has 2 aromatic carbocycles. The summed E-state index contributed by atoms with van der Waals surface area (Å²) in [5.41, 5.74) is 1.05. The fourth-order valence-corrected chi connectivity index (χ4v) is 3.64. The van der Waals surface area contributed by atoms with E-state index in [1.807, 2.05) is 0 Å². The topological polar surface area (TPSA) is 55.4 Å². The summed E-state index contributed by atoms with van der Waals surface area (Å²) in [7, 11) is 1.28. The Morgan fingerprint density at radius 3 is 2.30 bits per heavy atom. The van der Waals surface area contributed by atoms with Crippen LogP contribution in [-0.4, -0.2) is 19.0 Å². The lowest BCUT2D eigenvalue weighted by Crippen LogP contribution is -2.15. The average molecular weight is 408 g/mol. The number of anilines is 1. The van der Waals surface area contributed by atoms with Crippen LogP contribution < -0.4 is 5.32 Å². The molecule has 0 aliphatic rings. The van der Waals surface area contributed by atoms with Crippen LogP contribution in [0.2, 0.25) is 4.34 Å². The van der Waals surface area contributed by atoms with E-state index in [-0.39, 0.29) is 0 Å². The van der Waals surface area contributed by atoms with Crippen molar-refractivity contribution in [3.8, 4) is 11.1 Å². The van der Waals surface area contributed by atoms with Crippen LogP contribution in [0.25, 0.3) is 11.1 Å². The minimum atomic E-state index is -0.940. The van der Waals surface area contributed by atoms with Crippen LogP contribution in [0.4, 0.5) is 14.5 Å². The van der Waals surface area contributed by atoms with Gasteiger partial charge in [-0.05, 0) is 35.9 Å². The molecule has 0 aliphatic carbocycles. The molecule has 3 rings (SSSR count). The number of rotatable bonds is 4. The molecule has 0 spiro atoms. The predicted molar refractivity (Wildman–Crippen MR) is 100 cm³/mol. The Morgan fingerprint density at radius 2 is 1.70 bits per heavy atom. The molecule has 0 fully saturated rings. The minimum Gasteiger partial charge on any atom is -0.465 e. The van der Waals surface area contributed by atoms with E-state index >= 15 is 0 Å². The molecule has 0 radical (unpaired) electrons. The van der Waals surface area contributed by atoms with Gasteiger partial charge in [-0.1, -0.05) is 29.8 Å². The number of methoxy groups -OCH3 is 1. The van der Waals surface area contributed by atoms with E-state index in [9.17, 15) is 18.4 Å². The van der Waals surface area contributed by atoms with Crippen molar-refractivity contribution in [2.45, 2.75) is 0 Å². The number of carbonyl (C=O) groups is 2. The molecule has 8 heteroatoms. The molecule has 1 N–H and O–H groups in total. The summed E-state index contributed by atoms with van der Waals surface area (Å²) in [6, 6.07) is 11.3. The molecular weight excluding hydrogens is 396 g/mol. The molecule has 138 valence electrons. The summed E-state index contributed by atoms with van der Waals surface area (Å²) < 4.78 is 32.4. The zero-order valence-corrected chi connectivity index (χ0v) is 15.5. The van der Waals surface area contributed by atoms with Gasteiger partial charge in [-0.2, -0.15) is 0 Å². The van der Waals surface area contributed by atoms with Crippen LogP contribution in [0.5, 0.6) is 0 Å². The van der Waals surface area contributed by atoms with E-state index in [0.717, 1.165) is 23.5 Å². The Labute approximate surface area is 162 Å². The molecule has 1 aromatic heterocycles. The molecule has 0 bridgehead atoms. The highest BCUT2D eigenvalue weighted by atomic mass is 35.5. The number of ether oxygens (including phenoxy) is 1. The highest BCUT2D eigenvalue weighted by molar-refractivity contribution is 7.18.